The van der Waals surface area contributed by atoms with Gasteiger partial charge in [-0.15, -0.1) is 0 Å². The third-order valence-electron chi connectivity index (χ3n) is 3.04. The van der Waals surface area contributed by atoms with Gasteiger partial charge in [0.05, 0.1) is 14.2 Å². The molecule has 0 saturated heterocycles. The number of benzene rings is 1. The molecule has 0 saturated carbocycles. The molecule has 1 aromatic rings. The van der Waals surface area contributed by atoms with Crippen molar-refractivity contribution in [3.8, 4) is 11.5 Å². The molecule has 0 atom stereocenters. The number of ether oxygens (including phenoxy) is 2. The highest BCUT2D eigenvalue weighted by molar-refractivity contribution is 5.95. The van der Waals surface area contributed by atoms with Gasteiger partial charge in [0.1, 0.15) is 11.5 Å². The molecule has 0 aliphatic rings. The Morgan fingerprint density at radius 2 is 1.48 bits per heavy atom. The van der Waals surface area contributed by atoms with Gasteiger partial charge in [-0.2, -0.15) is 0 Å². The molecule has 0 aliphatic carbocycles. The van der Waals surface area contributed by atoms with Gasteiger partial charge in [0.25, 0.3) is 5.91 Å². The van der Waals surface area contributed by atoms with Crippen molar-refractivity contribution in [2.75, 3.05) is 27.3 Å². The van der Waals surface area contributed by atoms with Crippen LogP contribution in [0.1, 0.15) is 37.6 Å². The third-order valence-corrected chi connectivity index (χ3v) is 3.04. The summed E-state index contributed by atoms with van der Waals surface area (Å²) >= 11 is 0. The van der Waals surface area contributed by atoms with Crippen LogP contribution >= 0.6 is 0 Å². The fourth-order valence-corrected chi connectivity index (χ4v) is 1.96. The Labute approximate surface area is 137 Å². The molecule has 2 amide bonds. The number of carbonyl (C=O) groups excluding carboxylic acids is 2. The van der Waals surface area contributed by atoms with Crippen LogP contribution in [0, 0.1) is 5.41 Å². The van der Waals surface area contributed by atoms with Crippen LogP contribution in [0.5, 0.6) is 11.5 Å². The van der Waals surface area contributed by atoms with Gasteiger partial charge in [-0.1, -0.05) is 20.8 Å². The summed E-state index contributed by atoms with van der Waals surface area (Å²) in [5.74, 6) is 0.836. The van der Waals surface area contributed by atoms with E-state index < -0.39 is 0 Å². The molecule has 128 valence electrons. The average molecular weight is 322 g/mol. The van der Waals surface area contributed by atoms with E-state index >= 15 is 0 Å². The number of amides is 2. The maximum Gasteiger partial charge on any atom is 0.251 e. The number of nitrogens with one attached hydrogen (secondary N) is 2. The maximum absolute atomic E-state index is 12.1. The van der Waals surface area contributed by atoms with Crippen LogP contribution in [0.2, 0.25) is 0 Å². The molecule has 0 aromatic heterocycles. The second kappa shape index (κ2) is 8.41. The summed E-state index contributed by atoms with van der Waals surface area (Å²) < 4.78 is 10.3. The van der Waals surface area contributed by atoms with E-state index in [-0.39, 0.29) is 17.2 Å². The van der Waals surface area contributed by atoms with Crippen LogP contribution in [-0.4, -0.2) is 39.1 Å². The second-order valence-corrected chi connectivity index (χ2v) is 6.44. The SMILES string of the molecule is COc1cc(OC)cc(C(=O)NCCNC(=O)CC(C)(C)C)c1. The van der Waals surface area contributed by atoms with Gasteiger partial charge in [0.15, 0.2) is 0 Å². The zero-order valence-corrected chi connectivity index (χ0v) is 14.5. The Morgan fingerprint density at radius 1 is 0.957 bits per heavy atom. The fourth-order valence-electron chi connectivity index (χ4n) is 1.96. The lowest BCUT2D eigenvalue weighted by molar-refractivity contribution is -0.122. The molecule has 2 N–H and O–H groups in total. The summed E-state index contributed by atoms with van der Waals surface area (Å²) in [6.07, 6.45) is 0.452. The molecule has 0 radical (unpaired) electrons. The Bertz CT molecular complexity index is 528. The van der Waals surface area contributed by atoms with Crippen molar-refractivity contribution in [1.29, 1.82) is 0 Å². The largest absolute Gasteiger partial charge is 0.497 e. The minimum absolute atomic E-state index is 0.0187. The third kappa shape index (κ3) is 7.04. The molecule has 0 heterocycles. The van der Waals surface area contributed by atoms with E-state index in [0.717, 1.165) is 0 Å². The fraction of sp³-hybridized carbons (Fsp3) is 0.529. The van der Waals surface area contributed by atoms with Crippen molar-refractivity contribution in [2.45, 2.75) is 27.2 Å². The van der Waals surface area contributed by atoms with Gasteiger partial charge in [0, 0.05) is 31.1 Å². The zero-order valence-electron chi connectivity index (χ0n) is 14.5. The highest BCUT2D eigenvalue weighted by atomic mass is 16.5. The Morgan fingerprint density at radius 3 is 1.96 bits per heavy atom. The summed E-state index contributed by atoms with van der Waals surface area (Å²) in [6, 6.07) is 4.97. The van der Waals surface area contributed by atoms with E-state index in [4.69, 9.17) is 9.47 Å². The van der Waals surface area contributed by atoms with E-state index in [1.54, 1.807) is 18.2 Å². The molecule has 23 heavy (non-hydrogen) atoms. The van der Waals surface area contributed by atoms with Crippen molar-refractivity contribution >= 4 is 11.8 Å². The van der Waals surface area contributed by atoms with Gasteiger partial charge in [-0.05, 0) is 17.5 Å². The Hall–Kier alpha value is -2.24. The number of hydrogen-bond donors (Lipinski definition) is 2. The first-order valence-electron chi connectivity index (χ1n) is 7.53. The van der Waals surface area contributed by atoms with Crippen LogP contribution in [0.3, 0.4) is 0 Å². The summed E-state index contributed by atoms with van der Waals surface area (Å²) in [4.78, 5) is 23.8. The molecule has 0 spiro atoms. The molecule has 6 nitrogen and oxygen atoms in total. The Balaban J connectivity index is 2.47. The van der Waals surface area contributed by atoms with Crippen molar-refractivity contribution in [2.24, 2.45) is 5.41 Å². The number of methoxy groups -OCH3 is 2. The predicted molar refractivity (Wildman–Crippen MR) is 89.0 cm³/mol. The van der Waals surface area contributed by atoms with E-state index in [2.05, 4.69) is 10.6 Å². The summed E-state index contributed by atoms with van der Waals surface area (Å²) in [6.45, 7) is 6.76. The first-order chi connectivity index (χ1) is 10.7. The smallest absolute Gasteiger partial charge is 0.251 e. The first kappa shape index (κ1) is 18.8. The average Bonchev–Trinajstić information content (AvgIpc) is 2.48. The van der Waals surface area contributed by atoms with Crippen molar-refractivity contribution in [1.82, 2.24) is 10.6 Å². The molecule has 1 aromatic carbocycles. The van der Waals surface area contributed by atoms with E-state index in [1.165, 1.54) is 14.2 Å². The molecule has 1 rings (SSSR count). The van der Waals surface area contributed by atoms with Gasteiger partial charge < -0.3 is 20.1 Å². The molecule has 0 unspecified atom stereocenters. The molecule has 0 aliphatic heterocycles. The van der Waals surface area contributed by atoms with Gasteiger partial charge in [0.2, 0.25) is 5.91 Å². The highest BCUT2D eigenvalue weighted by Crippen LogP contribution is 2.22. The minimum Gasteiger partial charge on any atom is -0.497 e. The topological polar surface area (TPSA) is 76.7 Å². The monoisotopic (exact) mass is 322 g/mol. The second-order valence-electron chi connectivity index (χ2n) is 6.44. The quantitative estimate of drug-likeness (QED) is 0.753. The maximum atomic E-state index is 12.1. The van der Waals surface area contributed by atoms with E-state index in [9.17, 15) is 9.59 Å². The van der Waals surface area contributed by atoms with Crippen LogP contribution < -0.4 is 20.1 Å². The van der Waals surface area contributed by atoms with Crippen LogP contribution in [0.15, 0.2) is 18.2 Å². The van der Waals surface area contributed by atoms with Crippen molar-refractivity contribution < 1.29 is 19.1 Å². The zero-order chi connectivity index (χ0) is 17.5. The number of carbonyl (C=O) groups is 2. The number of rotatable bonds is 7. The predicted octanol–water partition coefficient (Wildman–Crippen LogP) is 1.99. The highest BCUT2D eigenvalue weighted by Gasteiger charge is 2.15. The standard InChI is InChI=1S/C17H26N2O4/c1-17(2,3)11-15(20)18-6-7-19-16(21)12-8-13(22-4)10-14(9-12)23-5/h8-10H,6-7,11H2,1-5H3,(H,18,20)(H,19,21). The van der Waals surface area contributed by atoms with Crippen LogP contribution in [0.4, 0.5) is 0 Å². The van der Waals surface area contributed by atoms with Crippen LogP contribution in [0.25, 0.3) is 0 Å². The summed E-state index contributed by atoms with van der Waals surface area (Å²) in [7, 11) is 3.06. The van der Waals surface area contributed by atoms with Crippen molar-refractivity contribution in [3.05, 3.63) is 23.8 Å². The molecular formula is C17H26N2O4. The molecule has 0 bridgehead atoms. The molecule has 0 fully saturated rings. The van der Waals surface area contributed by atoms with Gasteiger partial charge in [-0.3, -0.25) is 9.59 Å². The lowest BCUT2D eigenvalue weighted by Gasteiger charge is -2.17. The Kier molecular flexibility index (Phi) is 6.88. The van der Waals surface area contributed by atoms with Crippen LogP contribution in [-0.2, 0) is 4.79 Å². The normalized spacial score (nSPS) is 10.8. The lowest BCUT2D eigenvalue weighted by Crippen LogP contribution is -2.35. The molecular weight excluding hydrogens is 296 g/mol. The minimum atomic E-state index is -0.243. The first-order valence-corrected chi connectivity index (χ1v) is 7.53. The molecule has 6 heteroatoms. The summed E-state index contributed by atoms with van der Waals surface area (Å²) in [5.41, 5.74) is 0.395. The summed E-state index contributed by atoms with van der Waals surface area (Å²) in [5, 5.41) is 5.54. The van der Waals surface area contributed by atoms with Gasteiger partial charge in [-0.25, -0.2) is 0 Å². The lowest BCUT2D eigenvalue weighted by atomic mass is 9.92. The van der Waals surface area contributed by atoms with Gasteiger partial charge >= 0.3 is 0 Å². The number of hydrogen-bond acceptors (Lipinski definition) is 4. The van der Waals surface area contributed by atoms with E-state index in [0.29, 0.717) is 36.6 Å². The van der Waals surface area contributed by atoms with E-state index in [1.807, 2.05) is 20.8 Å². The van der Waals surface area contributed by atoms with Crippen molar-refractivity contribution in [3.63, 3.8) is 0 Å².